The quantitative estimate of drug-likeness (QED) is 0.694. The van der Waals surface area contributed by atoms with Gasteiger partial charge in [0.05, 0.1) is 21.1 Å². The fourth-order valence-electron chi connectivity index (χ4n) is 3.36. The molecule has 2 aromatic carbocycles. The van der Waals surface area contributed by atoms with Crippen LogP contribution in [-0.2, 0) is 25.8 Å². The van der Waals surface area contributed by atoms with E-state index < -0.39 is 15.1 Å². The van der Waals surface area contributed by atoms with E-state index in [1.165, 1.54) is 30.8 Å². The van der Waals surface area contributed by atoms with Crippen molar-refractivity contribution in [2.45, 2.75) is 60.8 Å². The van der Waals surface area contributed by atoms with E-state index in [1.54, 1.807) is 13.0 Å². The molecule has 0 aliphatic carbocycles. The van der Waals surface area contributed by atoms with Gasteiger partial charge in [-0.25, -0.2) is 8.42 Å². The lowest BCUT2D eigenvalue weighted by Crippen LogP contribution is -2.28. The number of aryl methyl sites for hydroxylation is 2. The van der Waals surface area contributed by atoms with Crippen molar-refractivity contribution in [3.8, 4) is 0 Å². The zero-order valence-electron chi connectivity index (χ0n) is 17.5. The second-order valence-corrected chi connectivity index (χ2v) is 11.2. The van der Waals surface area contributed by atoms with Crippen LogP contribution in [0.4, 0.5) is 11.4 Å². The Morgan fingerprint density at radius 1 is 1.27 bits per heavy atom. The van der Waals surface area contributed by atoms with Gasteiger partial charge in [0.1, 0.15) is 0 Å². The topological polar surface area (TPSA) is 92.3 Å². The third-order valence-corrected chi connectivity index (χ3v) is 8.53. The average molecular weight is 447 g/mol. The summed E-state index contributed by atoms with van der Waals surface area (Å²) in [6.07, 6.45) is 0.609. The Morgan fingerprint density at radius 3 is 2.70 bits per heavy atom. The molecule has 3 rings (SSSR count). The molecule has 0 fully saturated rings. The van der Waals surface area contributed by atoms with Crippen molar-refractivity contribution in [3.63, 3.8) is 0 Å². The van der Waals surface area contributed by atoms with Gasteiger partial charge in [0, 0.05) is 17.0 Å². The van der Waals surface area contributed by atoms with Gasteiger partial charge in [-0.2, -0.15) is 0 Å². The first-order valence-electron chi connectivity index (χ1n) is 9.87. The van der Waals surface area contributed by atoms with Gasteiger partial charge in [-0.3, -0.25) is 9.59 Å². The summed E-state index contributed by atoms with van der Waals surface area (Å²) in [4.78, 5) is 25.4. The number of sulfone groups is 1. The van der Waals surface area contributed by atoms with Crippen molar-refractivity contribution >= 4 is 44.8 Å². The Morgan fingerprint density at radius 2 is 2.00 bits per heavy atom. The molecule has 1 heterocycles. The van der Waals surface area contributed by atoms with Crippen molar-refractivity contribution in [2.24, 2.45) is 0 Å². The standard InChI is InChI=1S/C22H26N2O4S2/c1-5-16-8-6-7-13(2)21(16)24-20(25)11-14(3)30(27,28)17-9-10-19-18(12-17)23-22(26)15(4)29-19/h6-10,12,14-15H,5,11H2,1-4H3,(H,23,26)(H,24,25). The minimum Gasteiger partial charge on any atom is -0.326 e. The van der Waals surface area contributed by atoms with Crippen molar-refractivity contribution < 1.29 is 18.0 Å². The van der Waals surface area contributed by atoms with E-state index in [-0.39, 0.29) is 28.4 Å². The maximum absolute atomic E-state index is 13.0. The highest BCUT2D eigenvalue weighted by atomic mass is 32.2. The summed E-state index contributed by atoms with van der Waals surface area (Å²) in [6.45, 7) is 7.25. The summed E-state index contributed by atoms with van der Waals surface area (Å²) in [5.74, 6) is -0.495. The van der Waals surface area contributed by atoms with Gasteiger partial charge in [-0.05, 0) is 56.5 Å². The molecule has 2 amide bonds. The van der Waals surface area contributed by atoms with Crippen LogP contribution >= 0.6 is 11.8 Å². The zero-order chi connectivity index (χ0) is 22.1. The lowest BCUT2D eigenvalue weighted by atomic mass is 10.1. The number of anilines is 2. The Kier molecular flexibility index (Phi) is 6.57. The lowest BCUT2D eigenvalue weighted by molar-refractivity contribution is -0.116. The van der Waals surface area contributed by atoms with E-state index in [9.17, 15) is 18.0 Å². The third-order valence-electron chi connectivity index (χ3n) is 5.22. The van der Waals surface area contributed by atoms with Crippen LogP contribution in [0.2, 0.25) is 0 Å². The maximum Gasteiger partial charge on any atom is 0.237 e. The number of fused-ring (bicyclic) bond motifs is 1. The average Bonchev–Trinajstić information content (AvgIpc) is 2.69. The molecule has 1 aliphatic heterocycles. The molecule has 8 heteroatoms. The van der Waals surface area contributed by atoms with E-state index in [4.69, 9.17) is 0 Å². The van der Waals surface area contributed by atoms with Gasteiger partial charge in [-0.15, -0.1) is 11.8 Å². The normalized spacial score (nSPS) is 17.1. The highest BCUT2D eigenvalue weighted by Gasteiger charge is 2.29. The molecular weight excluding hydrogens is 420 g/mol. The zero-order valence-corrected chi connectivity index (χ0v) is 19.1. The number of carbonyl (C=O) groups excluding carboxylic acids is 2. The number of rotatable bonds is 6. The molecule has 160 valence electrons. The molecular formula is C22H26N2O4S2. The molecule has 0 saturated carbocycles. The molecule has 2 aromatic rings. The molecule has 0 bridgehead atoms. The van der Waals surface area contributed by atoms with Gasteiger partial charge in [0.25, 0.3) is 0 Å². The number of hydrogen-bond donors (Lipinski definition) is 2. The van der Waals surface area contributed by atoms with Gasteiger partial charge in [0.2, 0.25) is 11.8 Å². The van der Waals surface area contributed by atoms with Crippen molar-refractivity contribution in [1.29, 1.82) is 0 Å². The first-order chi connectivity index (χ1) is 14.1. The van der Waals surface area contributed by atoms with Crippen LogP contribution in [0.1, 0.15) is 38.3 Å². The Hall–Kier alpha value is -2.32. The Balaban J connectivity index is 1.77. The number of para-hydroxylation sites is 1. The van der Waals surface area contributed by atoms with Crippen LogP contribution in [0.15, 0.2) is 46.2 Å². The smallest absolute Gasteiger partial charge is 0.237 e. The van der Waals surface area contributed by atoms with Gasteiger partial charge in [0.15, 0.2) is 9.84 Å². The second kappa shape index (κ2) is 8.81. The molecule has 1 aliphatic rings. The SMILES string of the molecule is CCc1cccc(C)c1NC(=O)CC(C)S(=O)(=O)c1ccc2c(c1)NC(=O)C(C)S2. The first kappa shape index (κ1) is 22.4. The monoisotopic (exact) mass is 446 g/mol. The van der Waals surface area contributed by atoms with Gasteiger partial charge < -0.3 is 10.6 Å². The lowest BCUT2D eigenvalue weighted by Gasteiger charge is -2.22. The molecule has 6 nitrogen and oxygen atoms in total. The summed E-state index contributed by atoms with van der Waals surface area (Å²) in [5, 5.41) is 4.50. The number of nitrogens with one attached hydrogen (secondary N) is 2. The highest BCUT2D eigenvalue weighted by molar-refractivity contribution is 8.01. The Bertz CT molecular complexity index is 1100. The molecule has 0 saturated heterocycles. The number of carbonyl (C=O) groups is 2. The number of hydrogen-bond acceptors (Lipinski definition) is 5. The molecule has 0 aromatic heterocycles. The minimum atomic E-state index is -3.74. The van der Waals surface area contributed by atoms with E-state index >= 15 is 0 Å². The molecule has 0 spiro atoms. The Labute approximate surface area is 181 Å². The summed E-state index contributed by atoms with van der Waals surface area (Å²) >= 11 is 1.39. The molecule has 30 heavy (non-hydrogen) atoms. The minimum absolute atomic E-state index is 0.0992. The van der Waals surface area contributed by atoms with E-state index in [0.717, 1.165) is 28.1 Å². The van der Waals surface area contributed by atoms with Crippen LogP contribution in [0.3, 0.4) is 0 Å². The van der Waals surface area contributed by atoms with E-state index in [0.29, 0.717) is 5.69 Å². The van der Waals surface area contributed by atoms with Gasteiger partial charge >= 0.3 is 0 Å². The summed E-state index contributed by atoms with van der Waals surface area (Å²) in [5.41, 5.74) is 3.19. The van der Waals surface area contributed by atoms with Crippen LogP contribution in [0, 0.1) is 6.92 Å². The number of thioether (sulfide) groups is 1. The third kappa shape index (κ3) is 4.54. The maximum atomic E-state index is 13.0. The highest BCUT2D eigenvalue weighted by Crippen LogP contribution is 2.37. The molecule has 2 atom stereocenters. The van der Waals surface area contributed by atoms with Crippen molar-refractivity contribution in [2.75, 3.05) is 10.6 Å². The fourth-order valence-corrected chi connectivity index (χ4v) is 5.67. The van der Waals surface area contributed by atoms with Crippen LogP contribution < -0.4 is 10.6 Å². The van der Waals surface area contributed by atoms with Crippen LogP contribution in [-0.4, -0.2) is 30.7 Å². The van der Waals surface area contributed by atoms with Crippen molar-refractivity contribution in [3.05, 3.63) is 47.5 Å². The van der Waals surface area contributed by atoms with Crippen LogP contribution in [0.5, 0.6) is 0 Å². The number of benzene rings is 2. The van der Waals surface area contributed by atoms with Gasteiger partial charge in [-0.1, -0.05) is 25.1 Å². The summed E-state index contributed by atoms with van der Waals surface area (Å²) in [6, 6.07) is 10.5. The first-order valence-corrected chi connectivity index (χ1v) is 12.3. The predicted molar refractivity (Wildman–Crippen MR) is 121 cm³/mol. The second-order valence-electron chi connectivity index (χ2n) is 7.48. The molecule has 2 N–H and O–H groups in total. The summed E-state index contributed by atoms with van der Waals surface area (Å²) in [7, 11) is -3.74. The van der Waals surface area contributed by atoms with Crippen molar-refractivity contribution in [1.82, 2.24) is 0 Å². The molecule has 0 radical (unpaired) electrons. The van der Waals surface area contributed by atoms with E-state index in [1.807, 2.05) is 32.0 Å². The molecule has 2 unspecified atom stereocenters. The van der Waals surface area contributed by atoms with E-state index in [2.05, 4.69) is 10.6 Å². The van der Waals surface area contributed by atoms with Crippen LogP contribution in [0.25, 0.3) is 0 Å². The fraction of sp³-hybridized carbons (Fsp3) is 0.364. The number of amides is 2. The predicted octanol–water partition coefficient (Wildman–Crippen LogP) is 4.18. The largest absolute Gasteiger partial charge is 0.326 e. The summed E-state index contributed by atoms with van der Waals surface area (Å²) < 4.78 is 26.1.